The van der Waals surface area contributed by atoms with Crippen LogP contribution in [0, 0.1) is 0 Å². The highest BCUT2D eigenvalue weighted by Crippen LogP contribution is 2.32. The number of para-hydroxylation sites is 1. The summed E-state index contributed by atoms with van der Waals surface area (Å²) in [5, 5.41) is 3.30. The highest BCUT2D eigenvalue weighted by atomic mass is 35.5. The Kier molecular flexibility index (Phi) is 5.10. The van der Waals surface area contributed by atoms with Crippen molar-refractivity contribution in [3.63, 3.8) is 0 Å². The number of hydrogen-bond acceptors (Lipinski definition) is 5. The predicted molar refractivity (Wildman–Crippen MR) is 89.6 cm³/mol. The molecule has 0 aliphatic carbocycles. The minimum absolute atomic E-state index is 0.0381. The lowest BCUT2D eigenvalue weighted by Crippen LogP contribution is -2.13. The SMILES string of the molecule is CCc1cccc(Nc2nc(Cl)ncc2Cl)c1NS(C)(=O)=O. The largest absolute Gasteiger partial charge is 0.337 e. The van der Waals surface area contributed by atoms with E-state index in [1.165, 1.54) is 6.20 Å². The summed E-state index contributed by atoms with van der Waals surface area (Å²) in [6, 6.07) is 5.37. The minimum atomic E-state index is -3.42. The molecule has 1 heterocycles. The molecule has 2 rings (SSSR count). The van der Waals surface area contributed by atoms with E-state index in [-0.39, 0.29) is 10.3 Å². The molecular formula is C13H14Cl2N4O2S. The molecule has 0 saturated carbocycles. The quantitative estimate of drug-likeness (QED) is 0.797. The molecule has 6 nitrogen and oxygen atoms in total. The van der Waals surface area contributed by atoms with Crippen molar-refractivity contribution in [2.75, 3.05) is 16.3 Å². The van der Waals surface area contributed by atoms with Crippen LogP contribution in [-0.4, -0.2) is 24.6 Å². The summed E-state index contributed by atoms with van der Waals surface area (Å²) in [7, 11) is -3.42. The fraction of sp³-hybridized carbons (Fsp3) is 0.231. The van der Waals surface area contributed by atoms with Gasteiger partial charge >= 0.3 is 0 Å². The standard InChI is InChI=1S/C13H14Cl2N4O2S/c1-3-8-5-4-6-10(11(8)19-22(2,20)21)17-12-9(14)7-16-13(15)18-12/h4-7,19H,3H2,1-2H3,(H,16,17,18). The number of sulfonamides is 1. The van der Waals surface area contributed by atoms with Gasteiger partial charge in [0, 0.05) is 0 Å². The van der Waals surface area contributed by atoms with Gasteiger partial charge in [-0.05, 0) is 29.7 Å². The summed E-state index contributed by atoms with van der Waals surface area (Å²) in [4.78, 5) is 7.76. The second-order valence-corrected chi connectivity index (χ2v) is 7.02. The molecule has 0 aliphatic rings. The maximum atomic E-state index is 11.6. The Hall–Kier alpha value is -1.57. The zero-order chi connectivity index (χ0) is 16.3. The molecule has 0 unspecified atom stereocenters. The highest BCUT2D eigenvalue weighted by molar-refractivity contribution is 7.92. The number of benzene rings is 1. The van der Waals surface area contributed by atoms with Crippen LogP contribution in [0.5, 0.6) is 0 Å². The molecule has 9 heteroatoms. The van der Waals surface area contributed by atoms with Crippen LogP contribution >= 0.6 is 23.2 Å². The van der Waals surface area contributed by atoms with Crippen molar-refractivity contribution < 1.29 is 8.42 Å². The van der Waals surface area contributed by atoms with E-state index in [0.29, 0.717) is 23.6 Å². The van der Waals surface area contributed by atoms with Gasteiger partial charge in [0.1, 0.15) is 5.02 Å². The van der Waals surface area contributed by atoms with Crippen molar-refractivity contribution in [1.82, 2.24) is 9.97 Å². The summed E-state index contributed by atoms with van der Waals surface area (Å²) < 4.78 is 25.7. The maximum Gasteiger partial charge on any atom is 0.229 e. The molecule has 0 amide bonds. The van der Waals surface area contributed by atoms with Crippen LogP contribution in [0.15, 0.2) is 24.4 Å². The van der Waals surface area contributed by atoms with Gasteiger partial charge in [0.15, 0.2) is 5.82 Å². The van der Waals surface area contributed by atoms with E-state index >= 15 is 0 Å². The molecular weight excluding hydrogens is 347 g/mol. The third kappa shape index (κ3) is 4.22. The van der Waals surface area contributed by atoms with Crippen molar-refractivity contribution >= 4 is 50.4 Å². The molecule has 0 bridgehead atoms. The summed E-state index contributed by atoms with van der Waals surface area (Å²) in [5.74, 6) is 0.298. The van der Waals surface area contributed by atoms with Gasteiger partial charge in [0.25, 0.3) is 0 Å². The van der Waals surface area contributed by atoms with Crippen LogP contribution in [0.3, 0.4) is 0 Å². The minimum Gasteiger partial charge on any atom is -0.337 e. The molecule has 22 heavy (non-hydrogen) atoms. The van der Waals surface area contributed by atoms with E-state index in [4.69, 9.17) is 23.2 Å². The zero-order valence-corrected chi connectivity index (χ0v) is 14.2. The van der Waals surface area contributed by atoms with E-state index < -0.39 is 10.0 Å². The van der Waals surface area contributed by atoms with Crippen LogP contribution in [-0.2, 0) is 16.4 Å². The van der Waals surface area contributed by atoms with Crippen LogP contribution in [0.4, 0.5) is 17.2 Å². The van der Waals surface area contributed by atoms with Gasteiger partial charge in [0.2, 0.25) is 15.3 Å². The topological polar surface area (TPSA) is 84.0 Å². The Bertz CT molecular complexity index is 797. The smallest absolute Gasteiger partial charge is 0.229 e. The fourth-order valence-corrected chi connectivity index (χ4v) is 2.75. The van der Waals surface area contributed by atoms with Crippen LogP contribution in [0.1, 0.15) is 12.5 Å². The molecule has 0 aliphatic heterocycles. The van der Waals surface area contributed by atoms with Crippen LogP contribution in [0.25, 0.3) is 0 Å². The number of hydrogen-bond donors (Lipinski definition) is 2. The van der Waals surface area contributed by atoms with E-state index in [1.54, 1.807) is 6.07 Å². The molecule has 0 atom stereocenters. The van der Waals surface area contributed by atoms with E-state index in [1.807, 2.05) is 19.1 Å². The lowest BCUT2D eigenvalue weighted by atomic mass is 10.1. The lowest BCUT2D eigenvalue weighted by Gasteiger charge is -2.16. The summed E-state index contributed by atoms with van der Waals surface area (Å²) in [6.45, 7) is 1.93. The van der Waals surface area contributed by atoms with Gasteiger partial charge in [-0.2, -0.15) is 4.98 Å². The normalized spacial score (nSPS) is 11.3. The number of aryl methyl sites for hydroxylation is 1. The van der Waals surface area contributed by atoms with Crippen LogP contribution < -0.4 is 10.0 Å². The Balaban J connectivity index is 2.48. The number of aromatic nitrogens is 2. The number of anilines is 3. The molecule has 1 aromatic carbocycles. The number of rotatable bonds is 5. The molecule has 0 saturated heterocycles. The predicted octanol–water partition coefficient (Wildman–Crippen LogP) is 3.46. The third-order valence-electron chi connectivity index (χ3n) is 2.79. The molecule has 0 radical (unpaired) electrons. The van der Waals surface area contributed by atoms with Gasteiger partial charge in [-0.25, -0.2) is 13.4 Å². The molecule has 118 valence electrons. The van der Waals surface area contributed by atoms with E-state index in [0.717, 1.165) is 11.8 Å². The van der Waals surface area contributed by atoms with Crippen molar-refractivity contribution in [2.24, 2.45) is 0 Å². The average Bonchev–Trinajstić information content (AvgIpc) is 2.43. The molecule has 1 aromatic heterocycles. The maximum absolute atomic E-state index is 11.6. The van der Waals surface area contributed by atoms with Crippen molar-refractivity contribution in [3.05, 3.63) is 40.3 Å². The zero-order valence-electron chi connectivity index (χ0n) is 11.9. The number of nitrogens with zero attached hydrogens (tertiary/aromatic N) is 2. The van der Waals surface area contributed by atoms with Crippen molar-refractivity contribution in [1.29, 1.82) is 0 Å². The first-order valence-corrected chi connectivity index (χ1v) is 8.99. The van der Waals surface area contributed by atoms with Gasteiger partial charge in [-0.3, -0.25) is 4.72 Å². The first-order chi connectivity index (χ1) is 10.3. The molecule has 2 aromatic rings. The Morgan fingerprint density at radius 2 is 2.00 bits per heavy atom. The summed E-state index contributed by atoms with van der Waals surface area (Å²) >= 11 is 11.8. The van der Waals surface area contributed by atoms with E-state index in [2.05, 4.69) is 20.0 Å². The van der Waals surface area contributed by atoms with Gasteiger partial charge in [0.05, 0.1) is 23.8 Å². The summed E-state index contributed by atoms with van der Waals surface area (Å²) in [5.41, 5.74) is 1.83. The first-order valence-electron chi connectivity index (χ1n) is 6.35. The molecule has 0 spiro atoms. The molecule has 2 N–H and O–H groups in total. The van der Waals surface area contributed by atoms with Gasteiger partial charge in [-0.15, -0.1) is 0 Å². The third-order valence-corrected chi connectivity index (χ3v) is 3.82. The monoisotopic (exact) mass is 360 g/mol. The Labute approximate surface area is 138 Å². The molecule has 0 fully saturated rings. The second-order valence-electron chi connectivity index (χ2n) is 4.53. The number of nitrogens with one attached hydrogen (secondary N) is 2. The van der Waals surface area contributed by atoms with Crippen LogP contribution in [0.2, 0.25) is 10.3 Å². The van der Waals surface area contributed by atoms with Crippen molar-refractivity contribution in [2.45, 2.75) is 13.3 Å². The Morgan fingerprint density at radius 1 is 1.27 bits per heavy atom. The fourth-order valence-electron chi connectivity index (χ4n) is 1.87. The van der Waals surface area contributed by atoms with Crippen molar-refractivity contribution in [3.8, 4) is 0 Å². The van der Waals surface area contributed by atoms with Gasteiger partial charge in [-0.1, -0.05) is 30.7 Å². The highest BCUT2D eigenvalue weighted by Gasteiger charge is 2.14. The average molecular weight is 361 g/mol. The van der Waals surface area contributed by atoms with Gasteiger partial charge < -0.3 is 5.32 Å². The second kappa shape index (κ2) is 6.68. The summed E-state index contributed by atoms with van der Waals surface area (Å²) in [6.07, 6.45) is 3.12. The Morgan fingerprint density at radius 3 is 2.64 bits per heavy atom. The lowest BCUT2D eigenvalue weighted by molar-refractivity contribution is 0.606. The first kappa shape index (κ1) is 16.8. The van der Waals surface area contributed by atoms with E-state index in [9.17, 15) is 8.42 Å². The number of halogens is 2.